The fourth-order valence-corrected chi connectivity index (χ4v) is 4.90. The molecule has 178 valence electrons. The van der Waals surface area contributed by atoms with Gasteiger partial charge in [-0.2, -0.15) is 5.10 Å². The zero-order chi connectivity index (χ0) is 23.5. The molecule has 0 bridgehead atoms. The minimum Gasteiger partial charge on any atom is -0.369 e. The smallest absolute Gasteiger partial charge is 0.243 e. The van der Waals surface area contributed by atoms with Crippen LogP contribution in [0.4, 0.5) is 11.5 Å². The number of aryl methyl sites for hydroxylation is 3. The van der Waals surface area contributed by atoms with Crippen LogP contribution < -0.4 is 15.1 Å². The number of carbonyl (C=O) groups excluding carboxylic acids is 2. The fourth-order valence-electron chi connectivity index (χ4n) is 4.90. The molecule has 8 nitrogen and oxygen atoms in total. The molecule has 2 aromatic rings. The van der Waals surface area contributed by atoms with Crippen LogP contribution in [0.5, 0.6) is 0 Å². The molecule has 0 saturated carbocycles. The van der Waals surface area contributed by atoms with E-state index in [4.69, 9.17) is 0 Å². The molecular weight excluding hydrogens is 416 g/mol. The summed E-state index contributed by atoms with van der Waals surface area (Å²) >= 11 is 0. The molecule has 1 N–H and O–H groups in total. The van der Waals surface area contributed by atoms with Crippen LogP contribution in [0.2, 0.25) is 0 Å². The van der Waals surface area contributed by atoms with Gasteiger partial charge >= 0.3 is 0 Å². The lowest BCUT2D eigenvalue weighted by atomic mass is 10.1. The second kappa shape index (κ2) is 9.95. The van der Waals surface area contributed by atoms with Crippen molar-refractivity contribution in [3.8, 4) is 0 Å². The molecule has 1 fully saturated rings. The highest BCUT2D eigenvalue weighted by Gasteiger charge is 2.34. The van der Waals surface area contributed by atoms with Gasteiger partial charge in [0.2, 0.25) is 11.8 Å². The number of hydrogen-bond acceptors (Lipinski definition) is 5. The zero-order valence-corrected chi connectivity index (χ0v) is 20.3. The van der Waals surface area contributed by atoms with Crippen molar-refractivity contribution < 1.29 is 9.59 Å². The van der Waals surface area contributed by atoms with Gasteiger partial charge < -0.3 is 10.2 Å². The average Bonchev–Trinajstić information content (AvgIpc) is 3.18. The first kappa shape index (κ1) is 23.3. The van der Waals surface area contributed by atoms with Crippen LogP contribution in [-0.2, 0) is 16.1 Å². The summed E-state index contributed by atoms with van der Waals surface area (Å²) in [6.45, 7) is 14.1. The summed E-state index contributed by atoms with van der Waals surface area (Å²) in [6, 6.07) is 7.88. The van der Waals surface area contributed by atoms with Crippen molar-refractivity contribution >= 4 is 23.3 Å². The third-order valence-electron chi connectivity index (χ3n) is 6.95. The highest BCUT2D eigenvalue weighted by atomic mass is 16.2. The molecule has 0 radical (unpaired) electrons. The van der Waals surface area contributed by atoms with E-state index in [-0.39, 0.29) is 11.8 Å². The number of rotatable bonds is 7. The van der Waals surface area contributed by atoms with Crippen LogP contribution in [0.25, 0.3) is 0 Å². The molecule has 1 aromatic heterocycles. The van der Waals surface area contributed by atoms with E-state index >= 15 is 0 Å². The van der Waals surface area contributed by atoms with E-state index in [0.29, 0.717) is 25.9 Å². The summed E-state index contributed by atoms with van der Waals surface area (Å²) in [5.74, 6) is 0.632. The highest BCUT2D eigenvalue weighted by Crippen LogP contribution is 2.26. The van der Waals surface area contributed by atoms with Gasteiger partial charge in [0.05, 0.1) is 12.2 Å². The van der Waals surface area contributed by atoms with E-state index in [1.54, 1.807) is 4.90 Å². The van der Waals surface area contributed by atoms with E-state index in [9.17, 15) is 9.59 Å². The largest absolute Gasteiger partial charge is 0.369 e. The van der Waals surface area contributed by atoms with Crippen molar-refractivity contribution in [2.24, 2.45) is 0 Å². The van der Waals surface area contributed by atoms with Gasteiger partial charge in [-0.1, -0.05) is 19.1 Å². The summed E-state index contributed by atoms with van der Waals surface area (Å²) in [7, 11) is 0. The van der Waals surface area contributed by atoms with Gasteiger partial charge in [-0.3, -0.25) is 19.4 Å². The Kier molecular flexibility index (Phi) is 7.02. The normalized spacial score (nSPS) is 17.8. The second-order valence-corrected chi connectivity index (χ2v) is 9.14. The SMILES string of the molecule is CC[C@H](C(=O)NCCN1CCN(c2cccc(C)c2C)CC1)N1C(=O)CCn2nc(C)cc21. The molecule has 0 unspecified atom stereocenters. The molecular formula is C25H36N6O2. The Balaban J connectivity index is 1.29. The minimum absolute atomic E-state index is 0.00744. The molecule has 8 heteroatoms. The van der Waals surface area contributed by atoms with Gasteiger partial charge in [0.1, 0.15) is 11.9 Å². The molecule has 0 aliphatic carbocycles. The Morgan fingerprint density at radius 1 is 1.12 bits per heavy atom. The van der Waals surface area contributed by atoms with E-state index in [2.05, 4.69) is 52.3 Å². The van der Waals surface area contributed by atoms with Crippen molar-refractivity contribution in [3.05, 3.63) is 41.1 Å². The fraction of sp³-hybridized carbons (Fsp3) is 0.560. The molecule has 3 heterocycles. The lowest BCUT2D eigenvalue weighted by Gasteiger charge is -2.37. The monoisotopic (exact) mass is 452 g/mol. The second-order valence-electron chi connectivity index (χ2n) is 9.14. The predicted molar refractivity (Wildman–Crippen MR) is 131 cm³/mol. The Labute approximate surface area is 196 Å². The van der Waals surface area contributed by atoms with Crippen molar-refractivity contribution in [2.45, 2.75) is 53.1 Å². The van der Waals surface area contributed by atoms with E-state index in [1.165, 1.54) is 16.8 Å². The summed E-state index contributed by atoms with van der Waals surface area (Å²) < 4.78 is 1.84. The molecule has 2 amide bonds. The number of carbonyl (C=O) groups is 2. The minimum atomic E-state index is -0.506. The number of anilines is 2. The van der Waals surface area contributed by atoms with Gasteiger partial charge in [-0.25, -0.2) is 4.68 Å². The maximum absolute atomic E-state index is 13.0. The van der Waals surface area contributed by atoms with E-state index in [1.807, 2.05) is 24.6 Å². The van der Waals surface area contributed by atoms with E-state index in [0.717, 1.165) is 44.2 Å². The van der Waals surface area contributed by atoms with Crippen LogP contribution in [0.1, 0.15) is 36.6 Å². The molecule has 1 aromatic carbocycles. The topological polar surface area (TPSA) is 73.7 Å². The van der Waals surface area contributed by atoms with Gasteiger partial charge in [-0.05, 0) is 44.4 Å². The molecule has 1 atom stereocenters. The Morgan fingerprint density at radius 3 is 2.61 bits per heavy atom. The van der Waals surface area contributed by atoms with Gasteiger partial charge in [0.15, 0.2) is 0 Å². The van der Waals surface area contributed by atoms with Crippen LogP contribution in [-0.4, -0.2) is 71.8 Å². The maximum Gasteiger partial charge on any atom is 0.243 e. The van der Waals surface area contributed by atoms with Crippen molar-refractivity contribution in [2.75, 3.05) is 49.1 Å². The Bertz CT molecular complexity index is 1010. The van der Waals surface area contributed by atoms with Crippen molar-refractivity contribution in [1.82, 2.24) is 20.0 Å². The third kappa shape index (κ3) is 4.90. The number of nitrogens with one attached hydrogen (secondary N) is 1. The average molecular weight is 453 g/mol. The Morgan fingerprint density at radius 2 is 1.88 bits per heavy atom. The van der Waals surface area contributed by atoms with E-state index < -0.39 is 6.04 Å². The summed E-state index contributed by atoms with van der Waals surface area (Å²) in [6.07, 6.45) is 0.943. The summed E-state index contributed by atoms with van der Waals surface area (Å²) in [4.78, 5) is 32.2. The third-order valence-corrected chi connectivity index (χ3v) is 6.95. The Hall–Kier alpha value is -2.87. The maximum atomic E-state index is 13.0. The lowest BCUT2D eigenvalue weighted by Crippen LogP contribution is -2.53. The first-order chi connectivity index (χ1) is 15.9. The number of aromatic nitrogens is 2. The first-order valence-corrected chi connectivity index (χ1v) is 12.1. The van der Waals surface area contributed by atoms with Crippen LogP contribution in [0.3, 0.4) is 0 Å². The van der Waals surface area contributed by atoms with Crippen molar-refractivity contribution in [3.63, 3.8) is 0 Å². The number of fused-ring (bicyclic) bond motifs is 1. The van der Waals surface area contributed by atoms with Crippen LogP contribution >= 0.6 is 0 Å². The van der Waals surface area contributed by atoms with Gasteiger partial charge in [0, 0.05) is 57.4 Å². The molecule has 2 aliphatic heterocycles. The molecule has 2 aliphatic rings. The number of benzene rings is 1. The standard InChI is InChI=1S/C25H36N6O2/c1-5-21(31-23-17-19(3)27-30(23)11-9-24(31)32)25(33)26-10-12-28-13-15-29(16-14-28)22-8-6-7-18(2)20(22)4/h6-8,17,21H,5,9-16H2,1-4H3,(H,26,33)/t21-/m1/s1. The van der Waals surface area contributed by atoms with Crippen LogP contribution in [0.15, 0.2) is 24.3 Å². The first-order valence-electron chi connectivity index (χ1n) is 12.1. The van der Waals surface area contributed by atoms with Crippen molar-refractivity contribution in [1.29, 1.82) is 0 Å². The number of nitrogens with zero attached hydrogens (tertiary/aromatic N) is 5. The molecule has 4 rings (SSSR count). The molecule has 33 heavy (non-hydrogen) atoms. The lowest BCUT2D eigenvalue weighted by molar-refractivity contribution is -0.127. The number of amides is 2. The number of piperazine rings is 1. The van der Waals surface area contributed by atoms with Gasteiger partial charge in [-0.15, -0.1) is 0 Å². The zero-order valence-electron chi connectivity index (χ0n) is 20.3. The van der Waals surface area contributed by atoms with Crippen LogP contribution in [0, 0.1) is 20.8 Å². The predicted octanol–water partition coefficient (Wildman–Crippen LogP) is 2.26. The number of hydrogen-bond donors (Lipinski definition) is 1. The quantitative estimate of drug-likeness (QED) is 0.698. The summed E-state index contributed by atoms with van der Waals surface area (Å²) in [5.41, 5.74) is 4.87. The summed E-state index contributed by atoms with van der Waals surface area (Å²) in [5, 5.41) is 7.53. The van der Waals surface area contributed by atoms with Gasteiger partial charge in [0.25, 0.3) is 0 Å². The highest BCUT2D eigenvalue weighted by molar-refractivity contribution is 6.01. The molecule has 1 saturated heterocycles. The molecule has 0 spiro atoms.